The van der Waals surface area contributed by atoms with Gasteiger partial charge in [0.15, 0.2) is 0 Å². The summed E-state index contributed by atoms with van der Waals surface area (Å²) in [5, 5.41) is 0. The fourth-order valence-electron chi connectivity index (χ4n) is 4.94. The van der Waals surface area contributed by atoms with Gasteiger partial charge in [-0.2, -0.15) is 0 Å². The van der Waals surface area contributed by atoms with E-state index >= 15 is 0 Å². The molecule has 0 aromatic rings. The maximum Gasteiger partial charge on any atom is -0.0301 e. The molecule has 94 valence electrons. The van der Waals surface area contributed by atoms with Crippen LogP contribution < -0.4 is 0 Å². The van der Waals surface area contributed by atoms with E-state index in [1.165, 1.54) is 25.7 Å². The van der Waals surface area contributed by atoms with Gasteiger partial charge in [-0.1, -0.05) is 41.5 Å². The molecule has 0 heterocycles. The Hall–Kier alpha value is 0. The molecule has 3 fully saturated rings. The quantitative estimate of drug-likeness (QED) is 0.533. The van der Waals surface area contributed by atoms with Crippen molar-refractivity contribution in [1.29, 1.82) is 0 Å². The van der Waals surface area contributed by atoms with Crippen molar-refractivity contribution in [2.45, 2.75) is 67.2 Å². The molecule has 0 aromatic carbocycles. The number of rotatable bonds is 0. The number of hydrogen-bond acceptors (Lipinski definition) is 0. The van der Waals surface area contributed by atoms with E-state index in [1.807, 2.05) is 0 Å². The molecule has 3 aliphatic carbocycles. The monoisotopic (exact) mass is 222 g/mol. The van der Waals surface area contributed by atoms with Crippen LogP contribution in [0.5, 0.6) is 0 Å². The summed E-state index contributed by atoms with van der Waals surface area (Å²) < 4.78 is 0. The Labute approximate surface area is 102 Å². The molecule has 16 heavy (non-hydrogen) atoms. The fourth-order valence-corrected chi connectivity index (χ4v) is 4.94. The van der Waals surface area contributed by atoms with Crippen molar-refractivity contribution in [2.24, 2.45) is 34.5 Å². The highest BCUT2D eigenvalue weighted by Crippen LogP contribution is 2.59. The lowest BCUT2D eigenvalue weighted by molar-refractivity contribution is -0.0878. The van der Waals surface area contributed by atoms with Crippen LogP contribution in [0, 0.1) is 34.5 Å². The number of fused-ring (bicyclic) bond motifs is 3. The Kier molecular flexibility index (Phi) is 2.92. The van der Waals surface area contributed by atoms with E-state index in [1.54, 1.807) is 0 Å². The molecule has 2 unspecified atom stereocenters. The Bertz CT molecular complexity index is 214. The summed E-state index contributed by atoms with van der Waals surface area (Å²) in [4.78, 5) is 0. The molecule has 0 N–H and O–H groups in total. The second kappa shape index (κ2) is 3.75. The predicted octanol–water partition coefficient (Wildman–Crippen LogP) is 5.13. The van der Waals surface area contributed by atoms with Crippen molar-refractivity contribution in [1.82, 2.24) is 0 Å². The molecule has 0 spiro atoms. The summed E-state index contributed by atoms with van der Waals surface area (Å²) in [7, 11) is 0. The third-order valence-corrected chi connectivity index (χ3v) is 5.22. The standard InChI is InChI=1S/C16H30/c1-15(2,3)13-11-7-9-12(10-8-11)14(13)16(4,5)6/h11-14H,7-10H2,1-6H3. The molecule has 0 radical (unpaired) electrons. The van der Waals surface area contributed by atoms with E-state index in [4.69, 9.17) is 0 Å². The number of hydrogen-bond donors (Lipinski definition) is 0. The Balaban J connectivity index is 2.32. The van der Waals surface area contributed by atoms with Crippen molar-refractivity contribution in [3.8, 4) is 0 Å². The Morgan fingerprint density at radius 3 is 1.00 bits per heavy atom. The van der Waals surface area contributed by atoms with Crippen LogP contribution in [-0.4, -0.2) is 0 Å². The Morgan fingerprint density at radius 2 is 0.812 bits per heavy atom. The molecule has 2 atom stereocenters. The molecule has 0 heteroatoms. The molecule has 3 saturated carbocycles. The van der Waals surface area contributed by atoms with Crippen molar-refractivity contribution in [3.05, 3.63) is 0 Å². The molecular weight excluding hydrogens is 192 g/mol. The lowest BCUT2D eigenvalue weighted by atomic mass is 9.47. The molecule has 0 aliphatic heterocycles. The van der Waals surface area contributed by atoms with Crippen molar-refractivity contribution in [3.63, 3.8) is 0 Å². The van der Waals surface area contributed by atoms with E-state index in [0.717, 1.165) is 23.7 Å². The van der Waals surface area contributed by atoms with Crippen LogP contribution in [0.4, 0.5) is 0 Å². The van der Waals surface area contributed by atoms with Gasteiger partial charge in [-0.15, -0.1) is 0 Å². The van der Waals surface area contributed by atoms with E-state index in [2.05, 4.69) is 41.5 Å². The van der Waals surface area contributed by atoms with E-state index in [9.17, 15) is 0 Å². The van der Waals surface area contributed by atoms with Gasteiger partial charge in [0, 0.05) is 0 Å². The van der Waals surface area contributed by atoms with Gasteiger partial charge >= 0.3 is 0 Å². The first kappa shape index (κ1) is 12.5. The van der Waals surface area contributed by atoms with E-state index < -0.39 is 0 Å². The highest BCUT2D eigenvalue weighted by molar-refractivity contribution is 5.00. The molecule has 0 nitrogen and oxygen atoms in total. The van der Waals surface area contributed by atoms with Crippen molar-refractivity contribution in [2.75, 3.05) is 0 Å². The smallest absolute Gasteiger partial charge is 0.0301 e. The SMILES string of the molecule is CC(C)(C)C1C2CCC(CC2)C1C(C)(C)C. The largest absolute Gasteiger partial charge is 0.0599 e. The summed E-state index contributed by atoms with van der Waals surface area (Å²) in [6, 6.07) is 0. The van der Waals surface area contributed by atoms with E-state index in [-0.39, 0.29) is 0 Å². The third kappa shape index (κ3) is 2.05. The zero-order chi connectivity index (χ0) is 12.1. The fraction of sp³-hybridized carbons (Fsp3) is 1.00. The maximum absolute atomic E-state index is 2.47. The second-order valence-corrected chi connectivity index (χ2v) is 8.46. The van der Waals surface area contributed by atoms with Crippen LogP contribution in [0.2, 0.25) is 0 Å². The highest BCUT2D eigenvalue weighted by Gasteiger charge is 2.51. The summed E-state index contributed by atoms with van der Waals surface area (Å²) in [6.07, 6.45) is 6.05. The zero-order valence-corrected chi connectivity index (χ0v) is 12.1. The molecule has 0 amide bonds. The second-order valence-electron chi connectivity index (χ2n) is 8.46. The molecule has 3 aliphatic rings. The summed E-state index contributed by atoms with van der Waals surface area (Å²) in [5.41, 5.74) is 1.00. The van der Waals surface area contributed by atoms with Crippen LogP contribution in [0.15, 0.2) is 0 Å². The van der Waals surface area contributed by atoms with E-state index in [0.29, 0.717) is 10.8 Å². The maximum atomic E-state index is 2.47. The molecule has 0 aromatic heterocycles. The average Bonchev–Trinajstić information content (AvgIpc) is 2.15. The van der Waals surface area contributed by atoms with Crippen molar-refractivity contribution >= 4 is 0 Å². The first-order chi connectivity index (χ1) is 7.21. The first-order valence-corrected chi connectivity index (χ1v) is 7.21. The minimum Gasteiger partial charge on any atom is -0.0599 e. The van der Waals surface area contributed by atoms with Gasteiger partial charge in [0.2, 0.25) is 0 Å². The Morgan fingerprint density at radius 1 is 0.562 bits per heavy atom. The average molecular weight is 222 g/mol. The van der Waals surface area contributed by atoms with Crippen LogP contribution in [0.1, 0.15) is 67.2 Å². The van der Waals surface area contributed by atoms with Gasteiger partial charge in [0.1, 0.15) is 0 Å². The lowest BCUT2D eigenvalue weighted by Crippen LogP contribution is -2.50. The van der Waals surface area contributed by atoms with Gasteiger partial charge in [-0.05, 0) is 60.2 Å². The van der Waals surface area contributed by atoms with Gasteiger partial charge in [0.05, 0.1) is 0 Å². The van der Waals surface area contributed by atoms with Gasteiger partial charge < -0.3 is 0 Å². The topological polar surface area (TPSA) is 0 Å². The molecule has 3 rings (SSSR count). The summed E-state index contributed by atoms with van der Waals surface area (Å²) >= 11 is 0. The lowest BCUT2D eigenvalue weighted by Gasteiger charge is -2.58. The first-order valence-electron chi connectivity index (χ1n) is 7.21. The minimum atomic E-state index is 0.502. The van der Waals surface area contributed by atoms with Gasteiger partial charge in [-0.3, -0.25) is 0 Å². The van der Waals surface area contributed by atoms with Crippen LogP contribution >= 0.6 is 0 Å². The summed E-state index contributed by atoms with van der Waals surface area (Å²) in [5.74, 6) is 3.96. The minimum absolute atomic E-state index is 0.502. The molecule has 2 bridgehead atoms. The van der Waals surface area contributed by atoms with Gasteiger partial charge in [0.25, 0.3) is 0 Å². The van der Waals surface area contributed by atoms with Crippen LogP contribution in [0.25, 0.3) is 0 Å². The van der Waals surface area contributed by atoms with Crippen LogP contribution in [-0.2, 0) is 0 Å². The van der Waals surface area contributed by atoms with Gasteiger partial charge in [-0.25, -0.2) is 0 Å². The molecule has 0 saturated heterocycles. The third-order valence-electron chi connectivity index (χ3n) is 5.22. The highest BCUT2D eigenvalue weighted by atomic mass is 14.6. The van der Waals surface area contributed by atoms with Crippen molar-refractivity contribution < 1.29 is 0 Å². The molecular formula is C16H30. The predicted molar refractivity (Wildman–Crippen MR) is 71.3 cm³/mol. The summed E-state index contributed by atoms with van der Waals surface area (Å²) in [6.45, 7) is 14.8. The zero-order valence-electron chi connectivity index (χ0n) is 12.1. The van der Waals surface area contributed by atoms with Crippen LogP contribution in [0.3, 0.4) is 0 Å². The normalized spacial score (nSPS) is 40.1.